The first-order valence-electron chi connectivity index (χ1n) is 7.81. The fraction of sp³-hybridized carbons (Fsp3) is 0.0526. The van der Waals surface area contributed by atoms with Crippen LogP contribution in [0.1, 0.15) is 16.1 Å². The lowest BCUT2D eigenvalue weighted by Crippen LogP contribution is -2.13. The number of halogens is 2. The molecular formula is C19H13F2N3OS. The van der Waals surface area contributed by atoms with Crippen LogP contribution in [0.3, 0.4) is 0 Å². The lowest BCUT2D eigenvalue weighted by Gasteiger charge is -2.07. The predicted octanol–water partition coefficient (Wildman–Crippen LogP) is 4.90. The monoisotopic (exact) mass is 369 g/mol. The molecule has 130 valence electrons. The Labute approximate surface area is 151 Å². The van der Waals surface area contributed by atoms with Gasteiger partial charge in [0.15, 0.2) is 4.96 Å². The summed E-state index contributed by atoms with van der Waals surface area (Å²) in [6, 6.07) is 9.95. The molecule has 26 heavy (non-hydrogen) atoms. The number of aromatic nitrogens is 2. The van der Waals surface area contributed by atoms with E-state index >= 15 is 0 Å². The molecule has 2 aromatic heterocycles. The number of fused-ring (bicyclic) bond motifs is 1. The number of aryl methyl sites for hydroxylation is 1. The quantitative estimate of drug-likeness (QED) is 0.558. The molecule has 0 atom stereocenters. The Balaban J connectivity index is 1.54. The first-order chi connectivity index (χ1) is 12.5. The highest BCUT2D eigenvalue weighted by Crippen LogP contribution is 2.25. The fourth-order valence-electron chi connectivity index (χ4n) is 2.63. The Morgan fingerprint density at radius 3 is 2.62 bits per heavy atom. The third-order valence-electron chi connectivity index (χ3n) is 4.00. The molecule has 4 aromatic rings. The van der Waals surface area contributed by atoms with Crippen LogP contribution in [-0.4, -0.2) is 15.3 Å². The molecule has 0 radical (unpaired) electrons. The second-order valence-electron chi connectivity index (χ2n) is 5.81. The van der Waals surface area contributed by atoms with Gasteiger partial charge < -0.3 is 5.32 Å². The minimum atomic E-state index is -0.896. The van der Waals surface area contributed by atoms with Gasteiger partial charge in [-0.15, -0.1) is 11.3 Å². The Hall–Kier alpha value is -3.06. The summed E-state index contributed by atoms with van der Waals surface area (Å²) in [5.74, 6) is -2.25. The van der Waals surface area contributed by atoms with Crippen molar-refractivity contribution in [2.45, 2.75) is 6.92 Å². The molecule has 4 rings (SSSR count). The molecule has 4 nitrogen and oxygen atoms in total. The summed E-state index contributed by atoms with van der Waals surface area (Å²) in [5.41, 5.74) is 3.17. The zero-order valence-corrected chi connectivity index (χ0v) is 14.5. The summed E-state index contributed by atoms with van der Waals surface area (Å²) in [6.07, 6.45) is 1.96. The van der Waals surface area contributed by atoms with Gasteiger partial charge in [0.2, 0.25) is 0 Å². The van der Waals surface area contributed by atoms with Crippen molar-refractivity contribution in [3.8, 4) is 11.3 Å². The molecule has 7 heteroatoms. The van der Waals surface area contributed by atoms with E-state index in [0.717, 1.165) is 34.0 Å². The third kappa shape index (κ3) is 2.97. The number of carbonyl (C=O) groups is 1. The second kappa shape index (κ2) is 6.34. The van der Waals surface area contributed by atoms with E-state index in [-0.39, 0.29) is 5.56 Å². The first-order valence-corrected chi connectivity index (χ1v) is 8.69. The lowest BCUT2D eigenvalue weighted by molar-refractivity contribution is 0.102. The Bertz CT molecular complexity index is 1120. The predicted molar refractivity (Wildman–Crippen MR) is 97.6 cm³/mol. The maximum absolute atomic E-state index is 13.7. The first kappa shape index (κ1) is 16.4. The maximum Gasteiger partial charge on any atom is 0.258 e. The molecule has 2 heterocycles. The van der Waals surface area contributed by atoms with E-state index in [0.29, 0.717) is 11.8 Å². The molecule has 0 saturated carbocycles. The molecule has 0 saturated heterocycles. The van der Waals surface area contributed by atoms with Crippen LogP contribution in [0, 0.1) is 18.6 Å². The van der Waals surface area contributed by atoms with E-state index in [4.69, 9.17) is 0 Å². The van der Waals surface area contributed by atoms with Gasteiger partial charge >= 0.3 is 0 Å². The molecule has 2 aromatic carbocycles. The van der Waals surface area contributed by atoms with E-state index in [1.54, 1.807) is 23.5 Å². The van der Waals surface area contributed by atoms with Gasteiger partial charge in [-0.3, -0.25) is 9.20 Å². The standard InChI is InChI=1S/C19H13F2N3OS/c1-11-10-26-19-23-17(9-24(11)19)12-2-5-14(6-3-12)22-18(25)15-7-4-13(20)8-16(15)21/h2-10H,1H3,(H,22,25). The van der Waals surface area contributed by atoms with Crippen molar-refractivity contribution < 1.29 is 13.6 Å². The van der Waals surface area contributed by atoms with Crippen molar-refractivity contribution in [1.82, 2.24) is 9.38 Å². The Morgan fingerprint density at radius 1 is 1.15 bits per heavy atom. The number of imidazole rings is 1. The maximum atomic E-state index is 13.7. The number of rotatable bonds is 3. The van der Waals surface area contributed by atoms with E-state index in [9.17, 15) is 13.6 Å². The topological polar surface area (TPSA) is 46.4 Å². The molecule has 0 spiro atoms. The van der Waals surface area contributed by atoms with Crippen molar-refractivity contribution in [2.24, 2.45) is 0 Å². The molecule has 1 N–H and O–H groups in total. The highest BCUT2D eigenvalue weighted by Gasteiger charge is 2.13. The molecule has 0 fully saturated rings. The summed E-state index contributed by atoms with van der Waals surface area (Å²) in [4.78, 5) is 17.6. The van der Waals surface area contributed by atoms with Crippen LogP contribution in [0.4, 0.5) is 14.5 Å². The largest absolute Gasteiger partial charge is 0.322 e. The Kier molecular flexibility index (Phi) is 4.00. The van der Waals surface area contributed by atoms with Crippen molar-refractivity contribution in [3.05, 3.63) is 76.9 Å². The number of carbonyl (C=O) groups excluding carboxylic acids is 1. The van der Waals surface area contributed by atoms with Crippen LogP contribution in [0.2, 0.25) is 0 Å². The number of nitrogens with one attached hydrogen (secondary N) is 1. The van der Waals surface area contributed by atoms with E-state index in [2.05, 4.69) is 10.3 Å². The Morgan fingerprint density at radius 2 is 1.92 bits per heavy atom. The van der Waals surface area contributed by atoms with Crippen LogP contribution in [0.15, 0.2) is 54.0 Å². The second-order valence-corrected chi connectivity index (χ2v) is 6.65. The number of anilines is 1. The molecule has 0 unspecified atom stereocenters. The number of nitrogens with zero attached hydrogens (tertiary/aromatic N) is 2. The number of amides is 1. The van der Waals surface area contributed by atoms with Gasteiger partial charge in [-0.2, -0.15) is 0 Å². The number of hydrogen-bond acceptors (Lipinski definition) is 3. The van der Waals surface area contributed by atoms with Crippen molar-refractivity contribution >= 4 is 27.9 Å². The van der Waals surface area contributed by atoms with Crippen LogP contribution in [0.5, 0.6) is 0 Å². The van der Waals surface area contributed by atoms with E-state index in [1.165, 1.54) is 0 Å². The summed E-state index contributed by atoms with van der Waals surface area (Å²) in [6.45, 7) is 2.02. The van der Waals surface area contributed by atoms with Crippen LogP contribution in [0.25, 0.3) is 16.2 Å². The van der Waals surface area contributed by atoms with Crippen molar-refractivity contribution in [3.63, 3.8) is 0 Å². The van der Waals surface area contributed by atoms with Gasteiger partial charge in [0.1, 0.15) is 11.6 Å². The van der Waals surface area contributed by atoms with E-state index < -0.39 is 17.5 Å². The average Bonchev–Trinajstić information content (AvgIpc) is 3.18. The molecular weight excluding hydrogens is 356 g/mol. The van der Waals surface area contributed by atoms with E-state index in [1.807, 2.05) is 35.0 Å². The van der Waals surface area contributed by atoms with Crippen LogP contribution < -0.4 is 5.32 Å². The molecule has 0 aliphatic carbocycles. The fourth-order valence-corrected chi connectivity index (χ4v) is 3.48. The summed E-state index contributed by atoms with van der Waals surface area (Å²) in [5, 5.41) is 4.64. The summed E-state index contributed by atoms with van der Waals surface area (Å²) in [7, 11) is 0. The molecule has 1 amide bonds. The van der Waals surface area contributed by atoms with Crippen molar-refractivity contribution in [1.29, 1.82) is 0 Å². The van der Waals surface area contributed by atoms with Crippen molar-refractivity contribution in [2.75, 3.05) is 5.32 Å². The summed E-state index contributed by atoms with van der Waals surface area (Å²) >= 11 is 1.57. The van der Waals surface area contributed by atoms with Gasteiger partial charge in [-0.05, 0) is 31.2 Å². The highest BCUT2D eigenvalue weighted by atomic mass is 32.1. The molecule has 0 aliphatic rings. The number of benzene rings is 2. The van der Waals surface area contributed by atoms with Gasteiger partial charge in [-0.1, -0.05) is 12.1 Å². The van der Waals surface area contributed by atoms with Gasteiger partial charge in [0.25, 0.3) is 5.91 Å². The zero-order chi connectivity index (χ0) is 18.3. The third-order valence-corrected chi connectivity index (χ3v) is 4.96. The smallest absolute Gasteiger partial charge is 0.258 e. The summed E-state index contributed by atoms with van der Waals surface area (Å²) < 4.78 is 28.6. The normalized spacial score (nSPS) is 11.0. The highest BCUT2D eigenvalue weighted by molar-refractivity contribution is 7.15. The zero-order valence-electron chi connectivity index (χ0n) is 13.7. The SMILES string of the molecule is Cc1csc2nc(-c3ccc(NC(=O)c4ccc(F)cc4F)cc3)cn12. The van der Waals surface area contributed by atoms with Gasteiger partial charge in [-0.25, -0.2) is 13.8 Å². The minimum absolute atomic E-state index is 0.208. The minimum Gasteiger partial charge on any atom is -0.322 e. The lowest BCUT2D eigenvalue weighted by atomic mass is 10.1. The molecule has 0 bridgehead atoms. The molecule has 0 aliphatic heterocycles. The van der Waals surface area contributed by atoms with Crippen LogP contribution in [-0.2, 0) is 0 Å². The number of hydrogen-bond donors (Lipinski definition) is 1. The van der Waals surface area contributed by atoms with Crippen LogP contribution >= 0.6 is 11.3 Å². The average molecular weight is 369 g/mol. The van der Waals surface area contributed by atoms with Gasteiger partial charge in [0.05, 0.1) is 11.3 Å². The van der Waals surface area contributed by atoms with Gasteiger partial charge in [0, 0.05) is 34.6 Å². The number of thiazole rings is 1.